The quantitative estimate of drug-likeness (QED) is 0.725. The average molecular weight is 295 g/mol. The fourth-order valence-corrected chi connectivity index (χ4v) is 1.60. The molecule has 0 unspecified atom stereocenters. The minimum atomic E-state index is -0.920. The molecule has 7 heteroatoms. The standard InChI is InChI=1S/C14H17NO6/c1-9(16)15-12(14(19)21-8-13(18)20-2)7-10-3-5-11(17)6-4-10/h3-6,12,17H,7-8H2,1-2H3,(H,15,16)/t12-/m0/s1. The molecule has 0 spiro atoms. The third kappa shape index (κ3) is 5.94. The van der Waals surface area contributed by atoms with E-state index in [-0.39, 0.29) is 12.2 Å². The molecule has 0 heterocycles. The molecule has 0 fully saturated rings. The second-order valence-electron chi connectivity index (χ2n) is 4.31. The van der Waals surface area contributed by atoms with Gasteiger partial charge in [0, 0.05) is 13.3 Å². The molecule has 2 N–H and O–H groups in total. The van der Waals surface area contributed by atoms with Crippen molar-refractivity contribution in [2.45, 2.75) is 19.4 Å². The van der Waals surface area contributed by atoms with Crippen LogP contribution in [-0.4, -0.2) is 42.7 Å². The Morgan fingerprint density at radius 1 is 1.24 bits per heavy atom. The lowest BCUT2D eigenvalue weighted by atomic mass is 10.1. The first kappa shape index (κ1) is 16.5. The third-order valence-electron chi connectivity index (χ3n) is 2.60. The van der Waals surface area contributed by atoms with E-state index >= 15 is 0 Å². The Morgan fingerprint density at radius 3 is 2.38 bits per heavy atom. The van der Waals surface area contributed by atoms with Gasteiger partial charge in [-0.25, -0.2) is 9.59 Å². The van der Waals surface area contributed by atoms with Crippen LogP contribution < -0.4 is 5.32 Å². The number of hydrogen-bond donors (Lipinski definition) is 2. The van der Waals surface area contributed by atoms with E-state index in [1.807, 2.05) is 0 Å². The fourth-order valence-electron chi connectivity index (χ4n) is 1.60. The zero-order valence-electron chi connectivity index (χ0n) is 11.8. The van der Waals surface area contributed by atoms with Crippen molar-refractivity contribution in [3.63, 3.8) is 0 Å². The van der Waals surface area contributed by atoms with E-state index in [4.69, 9.17) is 4.74 Å². The number of esters is 2. The summed E-state index contributed by atoms with van der Waals surface area (Å²) < 4.78 is 9.14. The van der Waals surface area contributed by atoms with E-state index < -0.39 is 30.5 Å². The summed E-state index contributed by atoms with van der Waals surface area (Å²) in [5.41, 5.74) is 0.724. The van der Waals surface area contributed by atoms with Gasteiger partial charge >= 0.3 is 11.9 Å². The summed E-state index contributed by atoms with van der Waals surface area (Å²) in [5, 5.41) is 11.7. The number of phenols is 1. The maximum Gasteiger partial charge on any atom is 0.344 e. The first-order valence-electron chi connectivity index (χ1n) is 6.21. The number of aromatic hydroxyl groups is 1. The highest BCUT2D eigenvalue weighted by atomic mass is 16.6. The number of nitrogens with one attached hydrogen (secondary N) is 1. The molecule has 0 aliphatic rings. The first-order valence-corrected chi connectivity index (χ1v) is 6.21. The van der Waals surface area contributed by atoms with Crippen LogP contribution in [0.5, 0.6) is 5.75 Å². The molecular formula is C14H17NO6. The second kappa shape index (κ2) is 7.88. The molecule has 21 heavy (non-hydrogen) atoms. The van der Waals surface area contributed by atoms with Crippen molar-refractivity contribution in [1.29, 1.82) is 0 Å². The topological polar surface area (TPSA) is 102 Å². The Balaban J connectivity index is 2.70. The van der Waals surface area contributed by atoms with Crippen LogP contribution in [0, 0.1) is 0 Å². The van der Waals surface area contributed by atoms with Crippen molar-refractivity contribution in [1.82, 2.24) is 5.32 Å². The summed E-state index contributed by atoms with van der Waals surface area (Å²) in [4.78, 5) is 34.0. The first-order chi connectivity index (χ1) is 9.92. The average Bonchev–Trinajstić information content (AvgIpc) is 2.45. The number of methoxy groups -OCH3 is 1. The minimum absolute atomic E-state index is 0.100. The molecule has 1 rings (SSSR count). The van der Waals surface area contributed by atoms with Crippen LogP contribution in [0.4, 0.5) is 0 Å². The summed E-state index contributed by atoms with van der Waals surface area (Å²) in [6.07, 6.45) is 0.180. The number of carbonyl (C=O) groups is 3. The molecule has 0 radical (unpaired) electrons. The van der Waals surface area contributed by atoms with Crippen molar-refractivity contribution < 1.29 is 29.0 Å². The fraction of sp³-hybridized carbons (Fsp3) is 0.357. The SMILES string of the molecule is COC(=O)COC(=O)[C@H](Cc1ccc(O)cc1)NC(C)=O. The Bertz CT molecular complexity index is 511. The van der Waals surface area contributed by atoms with E-state index in [9.17, 15) is 19.5 Å². The molecule has 0 bridgehead atoms. The highest BCUT2D eigenvalue weighted by molar-refractivity contribution is 5.84. The molecular weight excluding hydrogens is 278 g/mol. The van der Waals surface area contributed by atoms with Gasteiger partial charge in [0.25, 0.3) is 0 Å². The summed E-state index contributed by atoms with van der Waals surface area (Å²) in [7, 11) is 1.18. The van der Waals surface area contributed by atoms with E-state index in [1.165, 1.54) is 26.2 Å². The summed E-state index contributed by atoms with van der Waals surface area (Å²) in [6, 6.07) is 5.27. The van der Waals surface area contributed by atoms with E-state index in [0.717, 1.165) is 5.56 Å². The largest absolute Gasteiger partial charge is 0.508 e. The van der Waals surface area contributed by atoms with Crippen LogP contribution in [0.3, 0.4) is 0 Å². The van der Waals surface area contributed by atoms with Gasteiger partial charge in [-0.2, -0.15) is 0 Å². The maximum atomic E-state index is 11.9. The summed E-state index contributed by atoms with van der Waals surface area (Å²) >= 11 is 0. The molecule has 0 saturated heterocycles. The van der Waals surface area contributed by atoms with Crippen molar-refractivity contribution in [2.24, 2.45) is 0 Å². The van der Waals surface area contributed by atoms with Gasteiger partial charge in [0.05, 0.1) is 7.11 Å². The number of benzene rings is 1. The number of rotatable bonds is 6. The molecule has 1 amide bonds. The molecule has 1 aromatic carbocycles. The van der Waals surface area contributed by atoms with Crippen LogP contribution in [-0.2, 0) is 30.3 Å². The van der Waals surface area contributed by atoms with Crippen molar-refractivity contribution in [3.8, 4) is 5.75 Å². The lowest BCUT2D eigenvalue weighted by Gasteiger charge is -2.16. The van der Waals surface area contributed by atoms with E-state index in [1.54, 1.807) is 12.1 Å². The molecule has 0 saturated carbocycles. The van der Waals surface area contributed by atoms with Gasteiger partial charge < -0.3 is 19.9 Å². The van der Waals surface area contributed by atoms with E-state index in [0.29, 0.717) is 0 Å². The molecule has 0 aliphatic heterocycles. The second-order valence-corrected chi connectivity index (χ2v) is 4.31. The van der Waals surface area contributed by atoms with Gasteiger partial charge in [-0.15, -0.1) is 0 Å². The number of hydrogen-bond acceptors (Lipinski definition) is 6. The number of carbonyl (C=O) groups excluding carboxylic acids is 3. The van der Waals surface area contributed by atoms with Crippen molar-refractivity contribution in [3.05, 3.63) is 29.8 Å². The molecule has 0 aromatic heterocycles. The van der Waals surface area contributed by atoms with Crippen LogP contribution in [0.1, 0.15) is 12.5 Å². The number of ether oxygens (including phenoxy) is 2. The van der Waals surface area contributed by atoms with Gasteiger partial charge in [-0.1, -0.05) is 12.1 Å². The molecule has 114 valence electrons. The van der Waals surface area contributed by atoms with Gasteiger partial charge in [0.2, 0.25) is 5.91 Å². The normalized spacial score (nSPS) is 11.3. The summed E-state index contributed by atoms with van der Waals surface area (Å²) in [5.74, 6) is -1.71. The monoisotopic (exact) mass is 295 g/mol. The Kier molecular flexibility index (Phi) is 6.19. The van der Waals surface area contributed by atoms with Crippen molar-refractivity contribution >= 4 is 17.8 Å². The smallest absolute Gasteiger partial charge is 0.344 e. The lowest BCUT2D eigenvalue weighted by molar-refractivity contribution is -0.158. The Morgan fingerprint density at radius 2 is 1.86 bits per heavy atom. The van der Waals surface area contributed by atoms with E-state index in [2.05, 4.69) is 10.1 Å². The Labute approximate surface area is 121 Å². The molecule has 0 aliphatic carbocycles. The Hall–Kier alpha value is -2.57. The van der Waals surface area contributed by atoms with Crippen LogP contribution in [0.25, 0.3) is 0 Å². The zero-order chi connectivity index (χ0) is 15.8. The third-order valence-corrected chi connectivity index (χ3v) is 2.60. The lowest BCUT2D eigenvalue weighted by Crippen LogP contribution is -2.42. The molecule has 1 aromatic rings. The number of phenolic OH excluding ortho intramolecular Hbond substituents is 1. The maximum absolute atomic E-state index is 11.9. The van der Waals surface area contributed by atoms with Crippen LogP contribution in [0.2, 0.25) is 0 Å². The van der Waals surface area contributed by atoms with Crippen LogP contribution >= 0.6 is 0 Å². The predicted molar refractivity (Wildman–Crippen MR) is 72.4 cm³/mol. The van der Waals surface area contributed by atoms with Gasteiger partial charge in [0.1, 0.15) is 11.8 Å². The van der Waals surface area contributed by atoms with Gasteiger partial charge in [0.15, 0.2) is 6.61 Å². The zero-order valence-corrected chi connectivity index (χ0v) is 11.8. The number of amides is 1. The molecule has 7 nitrogen and oxygen atoms in total. The van der Waals surface area contributed by atoms with Crippen molar-refractivity contribution in [2.75, 3.05) is 13.7 Å². The summed E-state index contributed by atoms with van der Waals surface area (Å²) in [6.45, 7) is 0.762. The van der Waals surface area contributed by atoms with Crippen LogP contribution in [0.15, 0.2) is 24.3 Å². The minimum Gasteiger partial charge on any atom is -0.508 e. The van der Waals surface area contributed by atoms with Gasteiger partial charge in [-0.05, 0) is 17.7 Å². The predicted octanol–water partition coefficient (Wildman–Crippen LogP) is 0.156. The highest BCUT2D eigenvalue weighted by Crippen LogP contribution is 2.12. The van der Waals surface area contributed by atoms with Gasteiger partial charge in [-0.3, -0.25) is 4.79 Å². The highest BCUT2D eigenvalue weighted by Gasteiger charge is 2.22. The molecule has 1 atom stereocenters.